The molecule has 32 heavy (non-hydrogen) atoms. The number of esters is 1. The zero-order valence-electron chi connectivity index (χ0n) is 17.3. The van der Waals surface area contributed by atoms with E-state index in [2.05, 4.69) is 5.10 Å². The van der Waals surface area contributed by atoms with Crippen LogP contribution in [0.4, 0.5) is 11.4 Å². The fourth-order valence-corrected chi connectivity index (χ4v) is 3.94. The number of ether oxygens (including phenoxy) is 1. The Kier molecular flexibility index (Phi) is 5.29. The van der Waals surface area contributed by atoms with Crippen LogP contribution in [0.1, 0.15) is 27.4 Å². The summed E-state index contributed by atoms with van der Waals surface area (Å²) in [5, 5.41) is 4.11. The fraction of sp³-hybridized carbons (Fsp3) is 0.160. The molecule has 7 nitrogen and oxygen atoms in total. The summed E-state index contributed by atoms with van der Waals surface area (Å²) >= 11 is 0. The minimum Gasteiger partial charge on any atom is -0.452 e. The number of rotatable bonds is 5. The molecule has 160 valence electrons. The molecule has 0 aliphatic carbocycles. The van der Waals surface area contributed by atoms with E-state index < -0.39 is 12.6 Å². The number of para-hydroxylation sites is 2. The van der Waals surface area contributed by atoms with Crippen LogP contribution in [-0.2, 0) is 28.9 Å². The molecule has 2 aromatic carbocycles. The number of nitrogens with zero attached hydrogens (tertiary/aromatic N) is 3. The number of fused-ring (bicyclic) bond motifs is 2. The van der Waals surface area contributed by atoms with Crippen molar-refractivity contribution in [1.29, 1.82) is 0 Å². The zero-order chi connectivity index (χ0) is 21.9. The van der Waals surface area contributed by atoms with Crippen LogP contribution in [0.5, 0.6) is 0 Å². The maximum atomic E-state index is 13.2. The maximum absolute atomic E-state index is 13.2. The van der Waals surface area contributed by atoms with Gasteiger partial charge in [0.15, 0.2) is 6.61 Å². The second-order valence-electron chi connectivity index (χ2n) is 7.53. The van der Waals surface area contributed by atoms with Gasteiger partial charge in [-0.2, -0.15) is 5.10 Å². The predicted molar refractivity (Wildman–Crippen MR) is 118 cm³/mol. The number of hydrogen-bond acceptors (Lipinski definition) is 5. The Morgan fingerprint density at radius 1 is 0.906 bits per heavy atom. The molecule has 0 saturated heterocycles. The van der Waals surface area contributed by atoms with Crippen LogP contribution in [0.3, 0.4) is 0 Å². The van der Waals surface area contributed by atoms with E-state index in [1.54, 1.807) is 34.1 Å². The lowest BCUT2D eigenvalue weighted by Crippen LogP contribution is -2.31. The van der Waals surface area contributed by atoms with Gasteiger partial charge in [-0.05, 0) is 54.3 Å². The maximum Gasteiger partial charge on any atom is 0.374 e. The summed E-state index contributed by atoms with van der Waals surface area (Å²) in [6, 6.07) is 20.7. The molecule has 1 amide bonds. The third-order valence-electron chi connectivity index (χ3n) is 5.44. The van der Waals surface area contributed by atoms with Gasteiger partial charge in [0.05, 0.1) is 17.9 Å². The first kappa shape index (κ1) is 19.8. The minimum atomic E-state index is -0.679. The van der Waals surface area contributed by atoms with Gasteiger partial charge in [0, 0.05) is 12.4 Å². The summed E-state index contributed by atoms with van der Waals surface area (Å²) in [4.78, 5) is 27.4. The largest absolute Gasteiger partial charge is 0.452 e. The van der Waals surface area contributed by atoms with E-state index in [0.29, 0.717) is 12.3 Å². The van der Waals surface area contributed by atoms with Crippen molar-refractivity contribution in [3.63, 3.8) is 0 Å². The Morgan fingerprint density at radius 2 is 1.59 bits per heavy atom. The van der Waals surface area contributed by atoms with Gasteiger partial charge in [-0.15, -0.1) is 0 Å². The summed E-state index contributed by atoms with van der Waals surface area (Å²) in [5.74, 6) is -0.371. The zero-order valence-corrected chi connectivity index (χ0v) is 17.3. The van der Waals surface area contributed by atoms with Crippen LogP contribution in [-0.4, -0.2) is 28.3 Å². The molecule has 7 heteroatoms. The third-order valence-corrected chi connectivity index (χ3v) is 5.44. The number of amides is 1. The second-order valence-corrected chi connectivity index (χ2v) is 7.53. The van der Waals surface area contributed by atoms with Gasteiger partial charge in [-0.25, -0.2) is 4.79 Å². The van der Waals surface area contributed by atoms with Crippen LogP contribution in [0.15, 0.2) is 83.5 Å². The molecule has 0 radical (unpaired) electrons. The highest BCUT2D eigenvalue weighted by atomic mass is 16.5. The quantitative estimate of drug-likeness (QED) is 0.447. The first-order chi connectivity index (χ1) is 15.7. The van der Waals surface area contributed by atoms with Crippen molar-refractivity contribution in [2.75, 3.05) is 11.5 Å². The molecule has 0 bridgehead atoms. The number of carbonyl (C=O) groups excluding carboxylic acids is 2. The Morgan fingerprint density at radius 3 is 2.25 bits per heavy atom. The highest BCUT2D eigenvalue weighted by Crippen LogP contribution is 2.36. The van der Waals surface area contributed by atoms with E-state index in [9.17, 15) is 9.59 Å². The van der Waals surface area contributed by atoms with Crippen molar-refractivity contribution in [2.45, 2.75) is 19.4 Å². The molecule has 0 atom stereocenters. The summed E-state index contributed by atoms with van der Waals surface area (Å²) in [5.41, 5.74) is 3.80. The molecule has 0 spiro atoms. The van der Waals surface area contributed by atoms with Crippen LogP contribution in [0, 0.1) is 0 Å². The first-order valence-electron chi connectivity index (χ1n) is 10.4. The third kappa shape index (κ3) is 3.92. The Balaban J connectivity index is 1.32. The predicted octanol–water partition coefficient (Wildman–Crippen LogP) is 4.14. The minimum absolute atomic E-state index is 0.0524. The Bertz CT molecular complexity index is 1210. The second kappa shape index (κ2) is 8.55. The van der Waals surface area contributed by atoms with Gasteiger partial charge in [0.25, 0.3) is 5.91 Å². The molecule has 0 fully saturated rings. The van der Waals surface area contributed by atoms with Gasteiger partial charge in [-0.1, -0.05) is 36.4 Å². The van der Waals surface area contributed by atoms with Gasteiger partial charge >= 0.3 is 5.97 Å². The molecule has 0 N–H and O–H groups in total. The highest BCUT2D eigenvalue weighted by molar-refractivity contribution is 6.04. The van der Waals surface area contributed by atoms with Gasteiger partial charge in [0.2, 0.25) is 5.76 Å². The number of benzene rings is 2. The molecular formula is C25H21N3O4. The first-order valence-corrected chi connectivity index (χ1v) is 10.4. The van der Waals surface area contributed by atoms with E-state index in [0.717, 1.165) is 35.3 Å². The molecule has 0 unspecified atom stereocenters. The number of anilines is 2. The molecule has 0 saturated carbocycles. The van der Waals surface area contributed by atoms with Crippen molar-refractivity contribution in [2.24, 2.45) is 0 Å². The summed E-state index contributed by atoms with van der Waals surface area (Å²) < 4.78 is 12.6. The van der Waals surface area contributed by atoms with Gasteiger partial charge < -0.3 is 9.15 Å². The summed E-state index contributed by atoms with van der Waals surface area (Å²) in [6.07, 6.45) is 5.14. The highest BCUT2D eigenvalue weighted by Gasteiger charge is 2.26. The summed E-state index contributed by atoms with van der Waals surface area (Å²) in [7, 11) is 0. The average Bonchev–Trinajstić information content (AvgIpc) is 3.47. The number of aromatic nitrogens is 2. The van der Waals surface area contributed by atoms with Crippen molar-refractivity contribution in [1.82, 2.24) is 9.78 Å². The lowest BCUT2D eigenvalue weighted by molar-refractivity contribution is -0.121. The lowest BCUT2D eigenvalue weighted by Gasteiger charge is -2.24. The molecule has 1 aliphatic heterocycles. The van der Waals surface area contributed by atoms with Crippen molar-refractivity contribution in [3.8, 4) is 0 Å². The van der Waals surface area contributed by atoms with Crippen LogP contribution < -0.4 is 4.90 Å². The van der Waals surface area contributed by atoms with Crippen LogP contribution in [0.2, 0.25) is 0 Å². The monoisotopic (exact) mass is 427 g/mol. The molecule has 1 aliphatic rings. The molecule has 4 aromatic rings. The topological polar surface area (TPSA) is 77.6 Å². The molecule has 5 rings (SSSR count). The van der Waals surface area contributed by atoms with Crippen molar-refractivity contribution < 1.29 is 18.7 Å². The lowest BCUT2D eigenvalue weighted by atomic mass is 10.0. The van der Waals surface area contributed by atoms with E-state index in [-0.39, 0.29) is 11.7 Å². The van der Waals surface area contributed by atoms with E-state index in [1.807, 2.05) is 54.6 Å². The van der Waals surface area contributed by atoms with Gasteiger partial charge in [0.1, 0.15) is 5.76 Å². The smallest absolute Gasteiger partial charge is 0.374 e. The number of aryl methyl sites for hydroxylation is 2. The van der Waals surface area contributed by atoms with E-state index >= 15 is 0 Å². The Hall–Kier alpha value is -4.13. The number of furan rings is 1. The fourth-order valence-electron chi connectivity index (χ4n) is 3.94. The van der Waals surface area contributed by atoms with Crippen molar-refractivity contribution in [3.05, 3.63) is 102 Å². The molecule has 3 heterocycles. The molecule has 2 aromatic heterocycles. The Labute approximate surface area is 184 Å². The molecular weight excluding hydrogens is 406 g/mol. The van der Waals surface area contributed by atoms with Crippen LogP contribution in [0.25, 0.3) is 0 Å². The van der Waals surface area contributed by atoms with Crippen LogP contribution >= 0.6 is 0 Å². The van der Waals surface area contributed by atoms with E-state index in [4.69, 9.17) is 9.15 Å². The van der Waals surface area contributed by atoms with Gasteiger partial charge in [-0.3, -0.25) is 14.4 Å². The summed E-state index contributed by atoms with van der Waals surface area (Å²) in [6.45, 7) is 0.0112. The standard InChI is InChI=1S/C25H21N3O4/c29-24(17-31-25(30)23-13-12-20(32-23)16-27-15-5-14-26-27)28-21-8-3-1-6-18(21)10-11-19-7-2-4-9-22(19)28/h1-9,12-15H,10-11,16-17H2. The average molecular weight is 427 g/mol. The van der Waals surface area contributed by atoms with E-state index in [1.165, 1.54) is 0 Å². The van der Waals surface area contributed by atoms with Crippen molar-refractivity contribution >= 4 is 23.3 Å². The normalized spacial score (nSPS) is 12.6. The SMILES string of the molecule is O=C(OCC(=O)N1c2ccccc2CCc2ccccc21)c1ccc(Cn2cccn2)o1. The number of carbonyl (C=O) groups is 2. The number of hydrogen-bond donors (Lipinski definition) is 0.